The van der Waals surface area contributed by atoms with Crippen LogP contribution in [0.5, 0.6) is 5.75 Å². The number of aryl methyl sites for hydroxylation is 2. The summed E-state index contributed by atoms with van der Waals surface area (Å²) in [5.74, 6) is 1.02. The highest BCUT2D eigenvalue weighted by Gasteiger charge is 2.25. The number of benzene rings is 1. The van der Waals surface area contributed by atoms with E-state index in [9.17, 15) is 9.59 Å². The molecule has 0 spiro atoms. The highest BCUT2D eigenvalue weighted by Crippen LogP contribution is 2.37. The molecule has 0 fully saturated rings. The van der Waals surface area contributed by atoms with Crippen LogP contribution in [0.3, 0.4) is 0 Å². The monoisotopic (exact) mass is 373 g/mol. The fourth-order valence-electron chi connectivity index (χ4n) is 3.60. The third kappa shape index (κ3) is 4.33. The van der Waals surface area contributed by atoms with Crippen molar-refractivity contribution in [3.8, 4) is 5.75 Å². The molecule has 1 aliphatic heterocycles. The quantitative estimate of drug-likeness (QED) is 0.571. The molecule has 0 radical (unpaired) electrons. The van der Waals surface area contributed by atoms with Gasteiger partial charge >= 0.3 is 11.6 Å². The van der Waals surface area contributed by atoms with Crippen molar-refractivity contribution in [1.29, 1.82) is 0 Å². The minimum atomic E-state index is -0.359. The number of fused-ring (bicyclic) bond motifs is 3. The summed E-state index contributed by atoms with van der Waals surface area (Å²) in [5.41, 5.74) is 2.93. The van der Waals surface area contributed by atoms with Gasteiger partial charge in [-0.25, -0.2) is 4.79 Å². The van der Waals surface area contributed by atoms with Crippen molar-refractivity contribution in [2.45, 2.75) is 47.1 Å². The number of hydrogen-bond acceptors (Lipinski definition) is 6. The number of ether oxygens (including phenoxy) is 2. The Hall–Kier alpha value is -2.34. The first-order valence-corrected chi connectivity index (χ1v) is 9.49. The summed E-state index contributed by atoms with van der Waals surface area (Å²) >= 11 is 0. The zero-order chi connectivity index (χ0) is 19.6. The second-order valence-electron chi connectivity index (χ2n) is 7.45. The lowest BCUT2D eigenvalue weighted by Crippen LogP contribution is -2.35. The molecule has 146 valence electrons. The molecular weight excluding hydrogens is 346 g/mol. The minimum Gasteiger partial charge on any atom is -0.477 e. The van der Waals surface area contributed by atoms with Crippen LogP contribution in [-0.4, -0.2) is 30.8 Å². The Morgan fingerprint density at radius 1 is 1.33 bits per heavy atom. The molecule has 0 saturated carbocycles. The van der Waals surface area contributed by atoms with E-state index >= 15 is 0 Å². The van der Waals surface area contributed by atoms with Gasteiger partial charge in [-0.05, 0) is 43.4 Å². The third-order valence-corrected chi connectivity index (χ3v) is 4.67. The molecule has 2 heterocycles. The van der Waals surface area contributed by atoms with E-state index in [-0.39, 0.29) is 11.6 Å². The third-order valence-electron chi connectivity index (χ3n) is 4.67. The lowest BCUT2D eigenvalue weighted by Gasteiger charge is -2.31. The molecule has 3 rings (SSSR count). The van der Waals surface area contributed by atoms with Gasteiger partial charge in [0.1, 0.15) is 18.1 Å². The van der Waals surface area contributed by atoms with Gasteiger partial charge in [-0.1, -0.05) is 13.8 Å². The molecule has 0 unspecified atom stereocenters. The number of nitrogens with zero attached hydrogens (tertiary/aromatic N) is 1. The van der Waals surface area contributed by atoms with Crippen LogP contribution >= 0.6 is 0 Å². The van der Waals surface area contributed by atoms with Gasteiger partial charge in [0.25, 0.3) is 0 Å². The van der Waals surface area contributed by atoms with Gasteiger partial charge in [-0.2, -0.15) is 0 Å². The molecule has 1 aromatic carbocycles. The molecule has 0 aliphatic carbocycles. The van der Waals surface area contributed by atoms with Gasteiger partial charge in [0.05, 0.1) is 12.2 Å². The van der Waals surface area contributed by atoms with Gasteiger partial charge < -0.3 is 13.9 Å². The highest BCUT2D eigenvalue weighted by atomic mass is 16.5. The fraction of sp³-hybridized carbons (Fsp3) is 0.524. The Bertz CT molecular complexity index is 900. The van der Waals surface area contributed by atoms with E-state index in [1.54, 1.807) is 6.92 Å². The molecular formula is C21H27NO5. The number of esters is 1. The number of hydrogen-bond donors (Lipinski definition) is 0. The van der Waals surface area contributed by atoms with E-state index in [1.807, 2.05) is 13.0 Å². The zero-order valence-corrected chi connectivity index (χ0v) is 16.5. The van der Waals surface area contributed by atoms with Crippen molar-refractivity contribution >= 4 is 16.9 Å². The van der Waals surface area contributed by atoms with Crippen LogP contribution in [0.4, 0.5) is 0 Å². The van der Waals surface area contributed by atoms with Gasteiger partial charge in [-0.3, -0.25) is 9.69 Å². The van der Waals surface area contributed by atoms with Crippen molar-refractivity contribution in [2.24, 2.45) is 5.92 Å². The summed E-state index contributed by atoms with van der Waals surface area (Å²) in [7, 11) is 0. The minimum absolute atomic E-state index is 0.222. The van der Waals surface area contributed by atoms with Crippen molar-refractivity contribution in [3.05, 3.63) is 39.2 Å². The molecule has 1 aromatic heterocycles. The SMILES string of the molecule is CCOC(=O)CCc1cc2c(C)cc(=O)oc2c2c1OCN(CC(C)C)C2. The second-order valence-corrected chi connectivity index (χ2v) is 7.45. The lowest BCUT2D eigenvalue weighted by atomic mass is 9.97. The second kappa shape index (κ2) is 8.13. The Labute approximate surface area is 159 Å². The average Bonchev–Trinajstić information content (AvgIpc) is 2.60. The summed E-state index contributed by atoms with van der Waals surface area (Å²) in [6.45, 7) is 10.4. The van der Waals surface area contributed by atoms with E-state index in [0.717, 1.165) is 34.4 Å². The molecule has 27 heavy (non-hydrogen) atoms. The largest absolute Gasteiger partial charge is 0.477 e. The Balaban J connectivity index is 2.04. The zero-order valence-electron chi connectivity index (χ0n) is 16.5. The normalized spacial score (nSPS) is 14.3. The Kier molecular flexibility index (Phi) is 5.85. The predicted molar refractivity (Wildman–Crippen MR) is 103 cm³/mol. The van der Waals surface area contributed by atoms with E-state index in [2.05, 4.69) is 18.7 Å². The first-order chi connectivity index (χ1) is 12.9. The van der Waals surface area contributed by atoms with Crippen molar-refractivity contribution in [3.63, 3.8) is 0 Å². The van der Waals surface area contributed by atoms with Crippen molar-refractivity contribution < 1.29 is 18.7 Å². The molecule has 0 atom stereocenters. The van der Waals surface area contributed by atoms with Crippen LogP contribution in [0.25, 0.3) is 11.0 Å². The van der Waals surface area contributed by atoms with Crippen molar-refractivity contribution in [1.82, 2.24) is 4.90 Å². The molecule has 0 saturated heterocycles. The molecule has 6 nitrogen and oxygen atoms in total. The summed E-state index contributed by atoms with van der Waals surface area (Å²) in [4.78, 5) is 25.9. The van der Waals surface area contributed by atoms with Gasteiger partial charge in [0.2, 0.25) is 0 Å². The molecule has 1 aliphatic rings. The molecule has 0 amide bonds. The maximum atomic E-state index is 11.9. The molecule has 0 bridgehead atoms. The van der Waals surface area contributed by atoms with Crippen LogP contribution in [0, 0.1) is 12.8 Å². The smallest absolute Gasteiger partial charge is 0.336 e. The standard InChI is InChI=1S/C21H27NO5/c1-5-25-18(23)7-6-15-9-16-14(4)8-19(24)27-21(16)17-11-22(10-13(2)3)12-26-20(15)17/h8-9,13H,5-7,10-12H2,1-4H3. The number of carbonyl (C=O) groups is 1. The fourth-order valence-corrected chi connectivity index (χ4v) is 3.60. The van der Waals surface area contributed by atoms with E-state index < -0.39 is 0 Å². The Morgan fingerprint density at radius 3 is 2.81 bits per heavy atom. The maximum Gasteiger partial charge on any atom is 0.336 e. The van der Waals surface area contributed by atoms with Crippen LogP contribution < -0.4 is 10.4 Å². The maximum absolute atomic E-state index is 11.9. The lowest BCUT2D eigenvalue weighted by molar-refractivity contribution is -0.143. The van der Waals surface area contributed by atoms with Crippen LogP contribution in [0.15, 0.2) is 21.3 Å². The van der Waals surface area contributed by atoms with E-state index in [1.165, 1.54) is 6.07 Å². The van der Waals surface area contributed by atoms with E-state index in [0.29, 0.717) is 44.2 Å². The summed E-state index contributed by atoms with van der Waals surface area (Å²) < 4.78 is 16.7. The van der Waals surface area contributed by atoms with Crippen LogP contribution in [0.2, 0.25) is 0 Å². The molecule has 2 aromatic rings. The summed E-state index contributed by atoms with van der Waals surface area (Å²) in [6, 6.07) is 3.48. The predicted octanol–water partition coefficient (Wildman–Crippen LogP) is 3.41. The van der Waals surface area contributed by atoms with Crippen molar-refractivity contribution in [2.75, 3.05) is 19.9 Å². The van der Waals surface area contributed by atoms with Crippen LogP contribution in [0.1, 0.15) is 43.9 Å². The first kappa shape index (κ1) is 19.4. The molecule has 0 N–H and O–H groups in total. The van der Waals surface area contributed by atoms with Gasteiger partial charge in [0, 0.05) is 31.0 Å². The Morgan fingerprint density at radius 2 is 2.11 bits per heavy atom. The van der Waals surface area contributed by atoms with Gasteiger partial charge in [0.15, 0.2) is 0 Å². The summed E-state index contributed by atoms with van der Waals surface area (Å²) in [5, 5.41) is 0.891. The van der Waals surface area contributed by atoms with E-state index in [4.69, 9.17) is 13.9 Å². The van der Waals surface area contributed by atoms with Gasteiger partial charge in [-0.15, -0.1) is 0 Å². The molecule has 6 heteroatoms. The topological polar surface area (TPSA) is 69.0 Å². The average molecular weight is 373 g/mol. The summed E-state index contributed by atoms with van der Waals surface area (Å²) in [6.07, 6.45) is 0.820. The highest BCUT2D eigenvalue weighted by molar-refractivity contribution is 5.86. The van der Waals surface area contributed by atoms with Crippen LogP contribution in [-0.2, 0) is 22.5 Å². The number of carbonyl (C=O) groups excluding carboxylic acids is 1. The first-order valence-electron chi connectivity index (χ1n) is 9.49. The number of rotatable bonds is 6.